The van der Waals surface area contributed by atoms with Crippen LogP contribution >= 0.6 is 27.3 Å². The van der Waals surface area contributed by atoms with Crippen molar-refractivity contribution in [1.29, 1.82) is 0 Å². The van der Waals surface area contributed by atoms with E-state index in [-0.39, 0.29) is 5.41 Å². The standard InChI is InChI=1S/C17H22BrNS/c1-5-12-10-13(18)6-8-15(12)19-11-14-7-9-16(20-14)17(2,3)4/h6-10,19H,5,11H2,1-4H3. The fourth-order valence-electron chi connectivity index (χ4n) is 2.09. The Morgan fingerprint density at radius 2 is 1.90 bits per heavy atom. The topological polar surface area (TPSA) is 12.0 Å². The Labute approximate surface area is 134 Å². The molecule has 3 heteroatoms. The molecule has 0 spiro atoms. The van der Waals surface area contributed by atoms with Gasteiger partial charge in [-0.3, -0.25) is 0 Å². The van der Waals surface area contributed by atoms with Crippen molar-refractivity contribution in [2.75, 3.05) is 5.32 Å². The smallest absolute Gasteiger partial charge is 0.0494 e. The molecule has 0 unspecified atom stereocenters. The molecule has 2 aromatic rings. The molecule has 0 amide bonds. The molecule has 0 aliphatic heterocycles. The molecule has 0 saturated heterocycles. The molecule has 0 bridgehead atoms. The molecule has 1 nitrogen and oxygen atoms in total. The number of benzene rings is 1. The van der Waals surface area contributed by atoms with Crippen LogP contribution < -0.4 is 5.32 Å². The molecular weight excluding hydrogens is 330 g/mol. The monoisotopic (exact) mass is 351 g/mol. The average Bonchev–Trinajstić information content (AvgIpc) is 2.86. The van der Waals surface area contributed by atoms with Crippen LogP contribution in [0.15, 0.2) is 34.8 Å². The first-order valence-corrected chi connectivity index (χ1v) is 8.62. The van der Waals surface area contributed by atoms with Crippen molar-refractivity contribution >= 4 is 33.0 Å². The number of thiophene rings is 1. The third kappa shape index (κ3) is 3.86. The van der Waals surface area contributed by atoms with Crippen LogP contribution in [-0.2, 0) is 18.4 Å². The Kier molecular flexibility index (Phi) is 4.92. The maximum atomic E-state index is 3.56. The Morgan fingerprint density at radius 1 is 1.15 bits per heavy atom. The zero-order valence-electron chi connectivity index (χ0n) is 12.6. The summed E-state index contributed by atoms with van der Waals surface area (Å²) < 4.78 is 1.14. The minimum absolute atomic E-state index is 0.245. The van der Waals surface area contributed by atoms with E-state index in [0.29, 0.717) is 0 Å². The normalized spacial score (nSPS) is 11.7. The van der Waals surface area contributed by atoms with Gasteiger partial charge in [-0.15, -0.1) is 11.3 Å². The van der Waals surface area contributed by atoms with Gasteiger partial charge in [0.05, 0.1) is 0 Å². The van der Waals surface area contributed by atoms with Crippen molar-refractivity contribution in [3.05, 3.63) is 50.1 Å². The Balaban J connectivity index is 2.07. The molecule has 0 radical (unpaired) electrons. The van der Waals surface area contributed by atoms with E-state index in [1.165, 1.54) is 21.0 Å². The Hall–Kier alpha value is -0.800. The lowest BCUT2D eigenvalue weighted by molar-refractivity contribution is 0.604. The SMILES string of the molecule is CCc1cc(Br)ccc1NCc1ccc(C(C)(C)C)s1. The predicted molar refractivity (Wildman–Crippen MR) is 93.9 cm³/mol. The van der Waals surface area contributed by atoms with Crippen molar-refractivity contribution in [2.24, 2.45) is 0 Å². The molecular formula is C17H22BrNS. The molecule has 0 aliphatic carbocycles. The number of halogens is 1. The van der Waals surface area contributed by atoms with Crippen LogP contribution in [0, 0.1) is 0 Å². The molecule has 1 heterocycles. The second-order valence-corrected chi connectivity index (χ2v) is 8.11. The summed E-state index contributed by atoms with van der Waals surface area (Å²) in [6.07, 6.45) is 1.04. The van der Waals surface area contributed by atoms with Gasteiger partial charge in [0.15, 0.2) is 0 Å². The van der Waals surface area contributed by atoms with E-state index in [4.69, 9.17) is 0 Å². The van der Waals surface area contributed by atoms with Gasteiger partial charge in [-0.1, -0.05) is 43.6 Å². The Morgan fingerprint density at radius 3 is 2.50 bits per heavy atom. The second kappa shape index (κ2) is 6.31. The van der Waals surface area contributed by atoms with Crippen LogP contribution in [0.2, 0.25) is 0 Å². The molecule has 0 aliphatic rings. The van der Waals surface area contributed by atoms with Gasteiger partial charge in [0, 0.05) is 26.5 Å². The van der Waals surface area contributed by atoms with E-state index >= 15 is 0 Å². The lowest BCUT2D eigenvalue weighted by Gasteiger charge is -2.15. The van der Waals surface area contributed by atoms with E-state index in [1.807, 2.05) is 11.3 Å². The molecule has 2 rings (SSSR count). The van der Waals surface area contributed by atoms with Crippen LogP contribution in [0.4, 0.5) is 5.69 Å². The maximum absolute atomic E-state index is 3.56. The summed E-state index contributed by atoms with van der Waals surface area (Å²) in [4.78, 5) is 2.83. The van der Waals surface area contributed by atoms with Crippen molar-refractivity contribution < 1.29 is 0 Å². The number of hydrogen-bond donors (Lipinski definition) is 1. The third-order valence-electron chi connectivity index (χ3n) is 3.30. The minimum atomic E-state index is 0.245. The molecule has 0 atom stereocenters. The highest BCUT2D eigenvalue weighted by atomic mass is 79.9. The highest BCUT2D eigenvalue weighted by Gasteiger charge is 2.15. The summed E-state index contributed by atoms with van der Waals surface area (Å²) in [5.74, 6) is 0. The average molecular weight is 352 g/mol. The summed E-state index contributed by atoms with van der Waals surface area (Å²) in [5, 5.41) is 3.56. The first-order chi connectivity index (χ1) is 9.40. The van der Waals surface area contributed by atoms with Gasteiger partial charge in [0.25, 0.3) is 0 Å². The zero-order valence-corrected chi connectivity index (χ0v) is 15.0. The summed E-state index contributed by atoms with van der Waals surface area (Å²) in [5.41, 5.74) is 2.84. The van der Waals surface area contributed by atoms with Crippen LogP contribution in [-0.4, -0.2) is 0 Å². The van der Waals surface area contributed by atoms with Crippen LogP contribution in [0.1, 0.15) is 43.0 Å². The number of nitrogens with one attached hydrogen (secondary N) is 1. The van der Waals surface area contributed by atoms with Crippen molar-refractivity contribution in [2.45, 2.75) is 46.1 Å². The Bertz CT molecular complexity index is 581. The molecule has 1 aromatic carbocycles. The summed E-state index contributed by atoms with van der Waals surface area (Å²) in [7, 11) is 0. The van der Waals surface area contributed by atoms with Crippen LogP contribution in [0.25, 0.3) is 0 Å². The first kappa shape index (κ1) is 15.6. The molecule has 108 valence electrons. The van der Waals surface area contributed by atoms with E-state index < -0.39 is 0 Å². The molecule has 1 N–H and O–H groups in total. The quantitative estimate of drug-likeness (QED) is 0.713. The number of rotatable bonds is 4. The second-order valence-electron chi connectivity index (χ2n) is 6.02. The maximum Gasteiger partial charge on any atom is 0.0494 e. The van der Waals surface area contributed by atoms with E-state index in [2.05, 4.69) is 79.3 Å². The van der Waals surface area contributed by atoms with Crippen molar-refractivity contribution in [3.8, 4) is 0 Å². The highest BCUT2D eigenvalue weighted by Crippen LogP contribution is 2.30. The van der Waals surface area contributed by atoms with Gasteiger partial charge in [-0.2, -0.15) is 0 Å². The van der Waals surface area contributed by atoms with Crippen molar-refractivity contribution in [3.63, 3.8) is 0 Å². The number of anilines is 1. The molecule has 1 aromatic heterocycles. The van der Waals surface area contributed by atoms with Gasteiger partial charge in [0.1, 0.15) is 0 Å². The van der Waals surface area contributed by atoms with Gasteiger partial charge in [-0.05, 0) is 47.7 Å². The van der Waals surface area contributed by atoms with E-state index in [9.17, 15) is 0 Å². The molecule has 0 saturated carbocycles. The molecule has 20 heavy (non-hydrogen) atoms. The largest absolute Gasteiger partial charge is 0.380 e. The lowest BCUT2D eigenvalue weighted by atomic mass is 9.95. The lowest BCUT2D eigenvalue weighted by Crippen LogP contribution is -2.07. The van der Waals surface area contributed by atoms with Crippen LogP contribution in [0.3, 0.4) is 0 Å². The number of hydrogen-bond acceptors (Lipinski definition) is 2. The van der Waals surface area contributed by atoms with E-state index in [1.54, 1.807) is 0 Å². The predicted octanol–water partition coefficient (Wildman–Crippen LogP) is 5.98. The minimum Gasteiger partial charge on any atom is -0.380 e. The van der Waals surface area contributed by atoms with Gasteiger partial charge in [0.2, 0.25) is 0 Å². The van der Waals surface area contributed by atoms with Crippen LogP contribution in [0.5, 0.6) is 0 Å². The number of aryl methyl sites for hydroxylation is 1. The summed E-state index contributed by atoms with van der Waals surface area (Å²) >= 11 is 5.44. The fraction of sp³-hybridized carbons (Fsp3) is 0.412. The van der Waals surface area contributed by atoms with Gasteiger partial charge >= 0.3 is 0 Å². The summed E-state index contributed by atoms with van der Waals surface area (Å²) in [6, 6.07) is 10.9. The molecule has 0 fully saturated rings. The third-order valence-corrected chi connectivity index (χ3v) is 5.31. The summed E-state index contributed by atoms with van der Waals surface area (Å²) in [6.45, 7) is 9.88. The van der Waals surface area contributed by atoms with Crippen molar-refractivity contribution in [1.82, 2.24) is 0 Å². The highest BCUT2D eigenvalue weighted by molar-refractivity contribution is 9.10. The van der Waals surface area contributed by atoms with Gasteiger partial charge in [-0.25, -0.2) is 0 Å². The first-order valence-electron chi connectivity index (χ1n) is 7.01. The fourth-order valence-corrected chi connectivity index (χ4v) is 3.50. The zero-order chi connectivity index (χ0) is 14.8. The van der Waals surface area contributed by atoms with Gasteiger partial charge < -0.3 is 5.32 Å². The van der Waals surface area contributed by atoms with E-state index in [0.717, 1.165) is 17.4 Å².